The summed E-state index contributed by atoms with van der Waals surface area (Å²) in [6.45, 7) is 1.38. The molecule has 0 unspecified atom stereocenters. The van der Waals surface area contributed by atoms with Crippen molar-refractivity contribution in [1.29, 1.82) is 0 Å². The summed E-state index contributed by atoms with van der Waals surface area (Å²) in [5.74, 6) is 0.763. The molecule has 0 amide bonds. The Morgan fingerprint density at radius 2 is 2.24 bits per heavy atom. The van der Waals surface area contributed by atoms with E-state index in [0.29, 0.717) is 19.6 Å². The van der Waals surface area contributed by atoms with Gasteiger partial charge in [-0.1, -0.05) is 0 Å². The Labute approximate surface area is 98.2 Å². The van der Waals surface area contributed by atoms with Crippen LogP contribution in [0.15, 0.2) is 29.9 Å². The average Bonchev–Trinajstić information content (AvgIpc) is 2.99. The van der Waals surface area contributed by atoms with Gasteiger partial charge in [-0.25, -0.2) is 18.4 Å². The first-order chi connectivity index (χ1) is 8.18. The van der Waals surface area contributed by atoms with Crippen molar-refractivity contribution in [3.8, 4) is 0 Å². The van der Waals surface area contributed by atoms with E-state index in [9.17, 15) is 8.42 Å². The van der Waals surface area contributed by atoms with Gasteiger partial charge in [0.25, 0.3) is 10.0 Å². The van der Waals surface area contributed by atoms with Gasteiger partial charge in [0, 0.05) is 25.5 Å². The van der Waals surface area contributed by atoms with Crippen LogP contribution < -0.4 is 0 Å². The molecule has 90 valence electrons. The molecule has 3 rings (SSSR count). The van der Waals surface area contributed by atoms with Crippen LogP contribution >= 0.6 is 0 Å². The first kappa shape index (κ1) is 10.5. The van der Waals surface area contributed by atoms with Gasteiger partial charge in [0.2, 0.25) is 0 Å². The van der Waals surface area contributed by atoms with Crippen molar-refractivity contribution in [3.63, 3.8) is 0 Å². The summed E-state index contributed by atoms with van der Waals surface area (Å²) in [5, 5.41) is 0.123. The molecular weight excluding hydrogens is 242 g/mol. The lowest BCUT2D eigenvalue weighted by Crippen LogP contribution is -2.38. The smallest absolute Gasteiger partial charge is 0.260 e. The van der Waals surface area contributed by atoms with Crippen LogP contribution in [0.4, 0.5) is 0 Å². The number of rotatable bonds is 2. The second kappa shape index (κ2) is 3.67. The minimum Gasteiger partial charge on any atom is -0.335 e. The molecule has 2 aromatic heterocycles. The zero-order chi connectivity index (χ0) is 11.9. The van der Waals surface area contributed by atoms with E-state index in [1.807, 2.05) is 10.8 Å². The third kappa shape index (κ3) is 1.65. The van der Waals surface area contributed by atoms with Crippen LogP contribution in [0.1, 0.15) is 5.82 Å². The molecule has 0 bridgehead atoms. The Balaban J connectivity index is 1.93. The zero-order valence-corrected chi connectivity index (χ0v) is 9.76. The molecule has 0 aliphatic carbocycles. The summed E-state index contributed by atoms with van der Waals surface area (Å²) < 4.78 is 27.8. The highest BCUT2D eigenvalue weighted by Gasteiger charge is 2.29. The summed E-state index contributed by atoms with van der Waals surface area (Å²) in [6.07, 6.45) is 6.21. The lowest BCUT2D eigenvalue weighted by molar-refractivity contribution is 0.334. The predicted octanol–water partition coefficient (Wildman–Crippen LogP) is -0.189. The van der Waals surface area contributed by atoms with Crippen molar-refractivity contribution < 1.29 is 8.42 Å². The molecule has 0 fully saturated rings. The molecule has 0 saturated heterocycles. The summed E-state index contributed by atoms with van der Waals surface area (Å²) >= 11 is 0. The summed E-state index contributed by atoms with van der Waals surface area (Å²) in [7, 11) is -3.48. The van der Waals surface area contributed by atoms with Crippen molar-refractivity contribution in [3.05, 3.63) is 30.7 Å². The highest BCUT2D eigenvalue weighted by Crippen LogP contribution is 2.18. The number of imidazole rings is 2. The Morgan fingerprint density at radius 1 is 1.35 bits per heavy atom. The number of nitrogens with zero attached hydrogens (tertiary/aromatic N) is 4. The van der Waals surface area contributed by atoms with E-state index in [-0.39, 0.29) is 5.03 Å². The molecular formula is C9H11N5O2S. The first-order valence-corrected chi connectivity index (χ1v) is 6.60. The van der Waals surface area contributed by atoms with E-state index < -0.39 is 10.0 Å². The highest BCUT2D eigenvalue weighted by atomic mass is 32.2. The molecule has 0 aromatic carbocycles. The predicted molar refractivity (Wildman–Crippen MR) is 58.4 cm³/mol. The number of hydrogen-bond donors (Lipinski definition) is 1. The minimum atomic E-state index is -3.48. The Morgan fingerprint density at radius 3 is 3.00 bits per heavy atom. The molecule has 2 aromatic rings. The first-order valence-electron chi connectivity index (χ1n) is 5.16. The zero-order valence-electron chi connectivity index (χ0n) is 8.94. The fourth-order valence-electron chi connectivity index (χ4n) is 1.88. The van der Waals surface area contributed by atoms with Gasteiger partial charge >= 0.3 is 0 Å². The van der Waals surface area contributed by atoms with Gasteiger partial charge in [0.05, 0.1) is 19.1 Å². The van der Waals surface area contributed by atoms with E-state index in [2.05, 4.69) is 15.0 Å². The van der Waals surface area contributed by atoms with Gasteiger partial charge in [-0.2, -0.15) is 4.31 Å². The molecule has 17 heavy (non-hydrogen) atoms. The Kier molecular flexibility index (Phi) is 2.26. The fraction of sp³-hybridized carbons (Fsp3) is 0.333. The molecule has 1 aliphatic rings. The summed E-state index contributed by atoms with van der Waals surface area (Å²) in [6, 6.07) is 0. The van der Waals surface area contributed by atoms with Crippen LogP contribution in [0.5, 0.6) is 0 Å². The fourth-order valence-corrected chi connectivity index (χ4v) is 3.16. The Hall–Kier alpha value is -1.67. The van der Waals surface area contributed by atoms with Gasteiger partial charge in [-0.3, -0.25) is 0 Å². The maximum Gasteiger partial charge on any atom is 0.260 e. The van der Waals surface area contributed by atoms with Gasteiger partial charge in [-0.15, -0.1) is 0 Å². The molecule has 0 radical (unpaired) electrons. The maximum absolute atomic E-state index is 12.2. The van der Waals surface area contributed by atoms with Gasteiger partial charge in [0.15, 0.2) is 5.03 Å². The molecule has 3 heterocycles. The average molecular weight is 253 g/mol. The molecule has 8 heteroatoms. The lowest BCUT2D eigenvalue weighted by atomic mass is 10.4. The van der Waals surface area contributed by atoms with Gasteiger partial charge in [-0.05, 0) is 0 Å². The van der Waals surface area contributed by atoms with Crippen molar-refractivity contribution in [1.82, 2.24) is 23.8 Å². The van der Waals surface area contributed by atoms with Crippen molar-refractivity contribution in [2.75, 3.05) is 6.54 Å². The number of aromatic nitrogens is 4. The van der Waals surface area contributed by atoms with E-state index in [0.717, 1.165) is 5.82 Å². The van der Waals surface area contributed by atoms with Crippen LogP contribution in [0.25, 0.3) is 0 Å². The number of fused-ring (bicyclic) bond motifs is 1. The summed E-state index contributed by atoms with van der Waals surface area (Å²) in [5.41, 5.74) is 0. The number of hydrogen-bond acceptors (Lipinski definition) is 4. The van der Waals surface area contributed by atoms with E-state index in [1.54, 1.807) is 6.20 Å². The number of H-pyrrole nitrogens is 1. The monoisotopic (exact) mass is 253 g/mol. The largest absolute Gasteiger partial charge is 0.335 e. The van der Waals surface area contributed by atoms with Crippen LogP contribution in [-0.4, -0.2) is 38.8 Å². The molecule has 0 atom stereocenters. The molecule has 7 nitrogen and oxygen atoms in total. The van der Waals surface area contributed by atoms with Crippen molar-refractivity contribution in [2.24, 2.45) is 0 Å². The van der Waals surface area contributed by atoms with Crippen LogP contribution in [0.3, 0.4) is 0 Å². The maximum atomic E-state index is 12.2. The van der Waals surface area contributed by atoms with E-state index >= 15 is 0 Å². The normalized spacial score (nSPS) is 16.9. The lowest BCUT2D eigenvalue weighted by Gasteiger charge is -2.26. The topological polar surface area (TPSA) is 83.9 Å². The van der Waals surface area contributed by atoms with Crippen molar-refractivity contribution >= 4 is 10.0 Å². The minimum absolute atomic E-state index is 0.123. The number of sulfonamides is 1. The molecule has 0 spiro atoms. The van der Waals surface area contributed by atoms with Gasteiger partial charge in [0.1, 0.15) is 5.82 Å². The SMILES string of the molecule is O=S(=O)(c1cnc[nH]1)N1CCn2ccnc2C1. The quantitative estimate of drug-likeness (QED) is 0.804. The number of aromatic amines is 1. The molecule has 0 saturated carbocycles. The second-order valence-electron chi connectivity index (χ2n) is 3.79. The molecule has 1 aliphatic heterocycles. The second-order valence-corrected chi connectivity index (χ2v) is 5.70. The molecule has 1 N–H and O–H groups in total. The van der Waals surface area contributed by atoms with Crippen LogP contribution in [0.2, 0.25) is 0 Å². The van der Waals surface area contributed by atoms with Crippen molar-refractivity contribution in [2.45, 2.75) is 18.1 Å². The van der Waals surface area contributed by atoms with E-state index in [4.69, 9.17) is 0 Å². The summed E-state index contributed by atoms with van der Waals surface area (Å²) in [4.78, 5) is 10.5. The van der Waals surface area contributed by atoms with Gasteiger partial charge < -0.3 is 9.55 Å². The van der Waals surface area contributed by atoms with Crippen LogP contribution in [0, 0.1) is 0 Å². The van der Waals surface area contributed by atoms with E-state index in [1.165, 1.54) is 16.8 Å². The van der Waals surface area contributed by atoms with Crippen LogP contribution in [-0.2, 0) is 23.1 Å². The third-order valence-electron chi connectivity index (χ3n) is 2.80. The third-order valence-corrected chi connectivity index (χ3v) is 4.57. The standard InChI is InChI=1S/C9H11N5O2S/c15-17(16,9-5-10-7-12-9)14-4-3-13-2-1-11-8(13)6-14/h1-2,5,7H,3-4,6H2,(H,10,12). The highest BCUT2D eigenvalue weighted by molar-refractivity contribution is 7.89. The number of nitrogens with one attached hydrogen (secondary N) is 1. The Bertz CT molecular complexity index is 616.